The normalized spacial score (nSPS) is 12.2. The minimum Gasteiger partial charge on any atom is -0.374 e. The van der Waals surface area contributed by atoms with E-state index < -0.39 is 0 Å². The Bertz CT molecular complexity index is 365. The van der Waals surface area contributed by atoms with Crippen molar-refractivity contribution >= 4 is 11.6 Å². The minimum absolute atomic E-state index is 0.184. The van der Waals surface area contributed by atoms with Gasteiger partial charge in [-0.1, -0.05) is 32.0 Å². The van der Waals surface area contributed by atoms with Crippen LogP contribution in [0.25, 0.3) is 0 Å². The average molecular weight is 264 g/mol. The molecule has 0 aliphatic heterocycles. The number of amides is 1. The molecular weight excluding hydrogens is 240 g/mol. The zero-order valence-corrected chi connectivity index (χ0v) is 11.7. The maximum atomic E-state index is 11.8. The molecule has 0 heterocycles. The molecular formula is C14H24N4O. The van der Waals surface area contributed by atoms with Gasteiger partial charge in [0.1, 0.15) is 6.04 Å². The third-order valence-corrected chi connectivity index (χ3v) is 3.20. The van der Waals surface area contributed by atoms with Crippen LogP contribution in [-0.2, 0) is 4.79 Å². The highest BCUT2D eigenvalue weighted by atomic mass is 16.2. The summed E-state index contributed by atoms with van der Waals surface area (Å²) >= 11 is 0. The molecule has 1 unspecified atom stereocenters. The largest absolute Gasteiger partial charge is 0.374 e. The molecule has 0 spiro atoms. The number of anilines is 1. The fourth-order valence-corrected chi connectivity index (χ4v) is 1.96. The highest BCUT2D eigenvalue weighted by Gasteiger charge is 2.17. The van der Waals surface area contributed by atoms with Crippen molar-refractivity contribution < 1.29 is 4.79 Å². The van der Waals surface area contributed by atoms with Gasteiger partial charge in [-0.25, -0.2) is 5.84 Å². The molecule has 5 nitrogen and oxygen atoms in total. The molecule has 0 saturated heterocycles. The maximum Gasteiger partial charge on any atom is 0.256 e. The van der Waals surface area contributed by atoms with Gasteiger partial charge in [-0.05, 0) is 31.6 Å². The van der Waals surface area contributed by atoms with E-state index in [1.54, 1.807) is 0 Å². The van der Waals surface area contributed by atoms with Crippen molar-refractivity contribution in [1.29, 1.82) is 0 Å². The predicted molar refractivity (Wildman–Crippen MR) is 78.6 cm³/mol. The first kappa shape index (κ1) is 15.5. The number of rotatable bonds is 8. The van der Waals surface area contributed by atoms with Crippen LogP contribution in [-0.4, -0.2) is 36.5 Å². The lowest BCUT2D eigenvalue weighted by Gasteiger charge is -2.23. The van der Waals surface area contributed by atoms with E-state index in [2.05, 4.69) is 29.5 Å². The van der Waals surface area contributed by atoms with Crippen molar-refractivity contribution in [2.75, 3.05) is 25.0 Å². The number of hydrogen-bond acceptors (Lipinski definition) is 4. The smallest absolute Gasteiger partial charge is 0.256 e. The zero-order valence-electron chi connectivity index (χ0n) is 11.7. The van der Waals surface area contributed by atoms with Gasteiger partial charge >= 0.3 is 0 Å². The SMILES string of the molecule is CCN(CC)CCC(Nc1ccccc1)C(=O)NN. The first-order valence-electron chi connectivity index (χ1n) is 6.75. The summed E-state index contributed by atoms with van der Waals surface area (Å²) in [6.45, 7) is 7.07. The van der Waals surface area contributed by atoms with Gasteiger partial charge in [-0.3, -0.25) is 10.2 Å². The van der Waals surface area contributed by atoms with Crippen molar-refractivity contribution in [3.8, 4) is 0 Å². The summed E-state index contributed by atoms with van der Waals surface area (Å²) in [5.74, 6) is 5.06. The molecule has 1 aromatic carbocycles. The first-order chi connectivity index (χ1) is 9.21. The summed E-state index contributed by atoms with van der Waals surface area (Å²) < 4.78 is 0. The third kappa shape index (κ3) is 5.28. The number of para-hydroxylation sites is 1. The van der Waals surface area contributed by atoms with Crippen LogP contribution in [0.15, 0.2) is 30.3 Å². The molecule has 1 rings (SSSR count). The van der Waals surface area contributed by atoms with Crippen LogP contribution in [0.3, 0.4) is 0 Å². The summed E-state index contributed by atoms with van der Waals surface area (Å²) in [6.07, 6.45) is 0.722. The number of nitrogens with two attached hydrogens (primary N) is 1. The van der Waals surface area contributed by atoms with Gasteiger partial charge in [0.05, 0.1) is 0 Å². The Labute approximate surface area is 115 Å². The summed E-state index contributed by atoms with van der Waals surface area (Å²) in [6, 6.07) is 9.38. The second-order valence-electron chi connectivity index (χ2n) is 4.39. The number of benzene rings is 1. The molecule has 0 saturated carbocycles. The molecule has 1 aromatic rings. The molecule has 0 aromatic heterocycles. The summed E-state index contributed by atoms with van der Waals surface area (Å²) in [4.78, 5) is 14.1. The standard InChI is InChI=1S/C14H24N4O/c1-3-18(4-2)11-10-13(14(19)17-15)16-12-8-6-5-7-9-12/h5-9,13,16H,3-4,10-11,15H2,1-2H3,(H,17,19). The Kier molecular flexibility index (Phi) is 6.92. The Morgan fingerprint density at radius 1 is 1.26 bits per heavy atom. The van der Waals surface area contributed by atoms with Crippen LogP contribution in [0.4, 0.5) is 5.69 Å². The van der Waals surface area contributed by atoms with Crippen molar-refractivity contribution in [2.24, 2.45) is 5.84 Å². The van der Waals surface area contributed by atoms with Crippen molar-refractivity contribution in [1.82, 2.24) is 10.3 Å². The van der Waals surface area contributed by atoms with Gasteiger partial charge in [0, 0.05) is 12.2 Å². The van der Waals surface area contributed by atoms with E-state index in [-0.39, 0.29) is 11.9 Å². The van der Waals surface area contributed by atoms with Crippen LogP contribution in [0.5, 0.6) is 0 Å². The van der Waals surface area contributed by atoms with E-state index in [0.29, 0.717) is 0 Å². The van der Waals surface area contributed by atoms with E-state index in [1.165, 1.54) is 0 Å². The Balaban J connectivity index is 2.60. The highest BCUT2D eigenvalue weighted by molar-refractivity contribution is 5.84. The number of hydrazine groups is 1. The molecule has 106 valence electrons. The fraction of sp³-hybridized carbons (Fsp3) is 0.500. The quantitative estimate of drug-likeness (QED) is 0.375. The van der Waals surface area contributed by atoms with Crippen LogP contribution in [0.1, 0.15) is 20.3 Å². The lowest BCUT2D eigenvalue weighted by atomic mass is 10.1. The monoisotopic (exact) mass is 264 g/mol. The Morgan fingerprint density at radius 3 is 2.42 bits per heavy atom. The lowest BCUT2D eigenvalue weighted by Crippen LogP contribution is -2.44. The van der Waals surface area contributed by atoms with Crippen LogP contribution < -0.4 is 16.6 Å². The van der Waals surface area contributed by atoms with Gasteiger partial charge in [-0.15, -0.1) is 0 Å². The highest BCUT2D eigenvalue weighted by Crippen LogP contribution is 2.09. The molecule has 4 N–H and O–H groups in total. The summed E-state index contributed by atoms with van der Waals surface area (Å²) in [7, 11) is 0. The molecule has 5 heteroatoms. The van der Waals surface area contributed by atoms with E-state index in [0.717, 1.165) is 31.7 Å². The number of carbonyl (C=O) groups is 1. The van der Waals surface area contributed by atoms with Crippen LogP contribution >= 0.6 is 0 Å². The summed E-state index contributed by atoms with van der Waals surface area (Å²) in [5, 5.41) is 3.21. The van der Waals surface area contributed by atoms with Crippen LogP contribution in [0.2, 0.25) is 0 Å². The maximum absolute atomic E-state index is 11.8. The number of carbonyl (C=O) groups excluding carboxylic acids is 1. The number of nitrogens with one attached hydrogen (secondary N) is 2. The first-order valence-corrected chi connectivity index (χ1v) is 6.75. The Hall–Kier alpha value is -1.59. The van der Waals surface area contributed by atoms with E-state index in [4.69, 9.17) is 5.84 Å². The molecule has 0 radical (unpaired) electrons. The Morgan fingerprint density at radius 2 is 1.89 bits per heavy atom. The molecule has 0 bridgehead atoms. The van der Waals surface area contributed by atoms with Crippen molar-refractivity contribution in [3.63, 3.8) is 0 Å². The summed E-state index contributed by atoms with van der Waals surface area (Å²) in [5.41, 5.74) is 3.15. The van der Waals surface area contributed by atoms with Gasteiger partial charge in [0.25, 0.3) is 5.91 Å². The predicted octanol–water partition coefficient (Wildman–Crippen LogP) is 1.19. The molecule has 0 aliphatic rings. The molecule has 1 amide bonds. The fourth-order valence-electron chi connectivity index (χ4n) is 1.96. The van der Waals surface area contributed by atoms with Gasteiger partial charge in [0.2, 0.25) is 0 Å². The van der Waals surface area contributed by atoms with E-state index in [1.807, 2.05) is 30.3 Å². The topological polar surface area (TPSA) is 70.4 Å². The van der Waals surface area contributed by atoms with Crippen molar-refractivity contribution in [3.05, 3.63) is 30.3 Å². The number of hydrogen-bond donors (Lipinski definition) is 3. The molecule has 1 atom stereocenters. The van der Waals surface area contributed by atoms with Crippen LogP contribution in [0, 0.1) is 0 Å². The lowest BCUT2D eigenvalue weighted by molar-refractivity contribution is -0.122. The average Bonchev–Trinajstić information content (AvgIpc) is 2.47. The van der Waals surface area contributed by atoms with Gasteiger partial charge in [0.15, 0.2) is 0 Å². The van der Waals surface area contributed by atoms with Crippen molar-refractivity contribution in [2.45, 2.75) is 26.3 Å². The molecule has 19 heavy (non-hydrogen) atoms. The molecule has 0 aliphatic carbocycles. The molecule has 0 fully saturated rings. The second kappa shape index (κ2) is 8.50. The van der Waals surface area contributed by atoms with E-state index in [9.17, 15) is 4.79 Å². The second-order valence-corrected chi connectivity index (χ2v) is 4.39. The van der Waals surface area contributed by atoms with E-state index >= 15 is 0 Å². The van der Waals surface area contributed by atoms with Gasteiger partial charge < -0.3 is 10.2 Å². The number of nitrogens with zero attached hydrogens (tertiary/aromatic N) is 1. The minimum atomic E-state index is -0.312. The third-order valence-electron chi connectivity index (χ3n) is 3.20. The van der Waals surface area contributed by atoms with Gasteiger partial charge in [-0.2, -0.15) is 0 Å². The zero-order chi connectivity index (χ0) is 14.1.